The summed E-state index contributed by atoms with van der Waals surface area (Å²) in [5.41, 5.74) is 1.93. The zero-order valence-corrected chi connectivity index (χ0v) is 13.7. The van der Waals surface area contributed by atoms with E-state index >= 15 is 0 Å². The predicted molar refractivity (Wildman–Crippen MR) is 93.2 cm³/mol. The number of hydrogen-bond donors (Lipinski definition) is 1. The molecule has 0 unspecified atom stereocenters. The minimum absolute atomic E-state index is 0.00612. The van der Waals surface area contributed by atoms with Crippen molar-refractivity contribution in [2.75, 3.05) is 18.6 Å². The van der Waals surface area contributed by atoms with Gasteiger partial charge in [-0.15, -0.1) is 11.8 Å². The normalized spacial score (nSPS) is 10.3. The molecule has 1 N–H and O–H groups in total. The number of carbonyl (C=O) groups excluding carboxylic acids is 1. The molecular weight excluding hydrogens is 298 g/mol. The fourth-order valence-electron chi connectivity index (χ4n) is 1.92. The van der Waals surface area contributed by atoms with E-state index in [1.165, 1.54) is 10.5 Å². The van der Waals surface area contributed by atoms with Gasteiger partial charge in [0.2, 0.25) is 0 Å². The number of carbonyl (C=O) groups is 1. The maximum absolute atomic E-state index is 12.1. The van der Waals surface area contributed by atoms with Crippen LogP contribution in [-0.2, 0) is 5.75 Å². The molecule has 0 fully saturated rings. The van der Waals surface area contributed by atoms with E-state index in [1.807, 2.05) is 36.4 Å². The molecule has 0 aliphatic carbocycles. The van der Waals surface area contributed by atoms with Gasteiger partial charge < -0.3 is 5.32 Å². The molecule has 0 saturated heterocycles. The van der Waals surface area contributed by atoms with Gasteiger partial charge in [0, 0.05) is 28.5 Å². The van der Waals surface area contributed by atoms with Gasteiger partial charge in [0.1, 0.15) is 0 Å². The second kappa shape index (κ2) is 8.80. The quantitative estimate of drug-likeness (QED) is 0.616. The van der Waals surface area contributed by atoms with Crippen LogP contribution in [0.25, 0.3) is 0 Å². The highest BCUT2D eigenvalue weighted by atomic mass is 32.2. The molecule has 0 aromatic heterocycles. The molecule has 2 aromatic carbocycles. The van der Waals surface area contributed by atoms with Crippen molar-refractivity contribution >= 4 is 29.4 Å². The van der Waals surface area contributed by atoms with E-state index < -0.39 is 0 Å². The lowest BCUT2D eigenvalue weighted by atomic mass is 10.1. The Bertz CT molecular complexity index is 572. The second-order valence-corrected chi connectivity index (χ2v) is 6.59. The molecule has 1 amide bonds. The number of rotatable bonds is 7. The molecule has 0 saturated carbocycles. The van der Waals surface area contributed by atoms with Gasteiger partial charge in [-0.05, 0) is 36.1 Å². The van der Waals surface area contributed by atoms with E-state index in [1.54, 1.807) is 23.5 Å². The van der Waals surface area contributed by atoms with Crippen molar-refractivity contribution in [3.63, 3.8) is 0 Å². The Kier molecular flexibility index (Phi) is 6.70. The maximum atomic E-state index is 12.1. The highest BCUT2D eigenvalue weighted by Crippen LogP contribution is 2.16. The molecule has 110 valence electrons. The Balaban J connectivity index is 1.78. The third kappa shape index (κ3) is 5.48. The fraction of sp³-hybridized carbons (Fsp3) is 0.235. The van der Waals surface area contributed by atoms with Crippen molar-refractivity contribution in [2.45, 2.75) is 10.6 Å². The molecule has 2 aromatic rings. The third-order valence-corrected chi connectivity index (χ3v) is 4.54. The van der Waals surface area contributed by atoms with Crippen molar-refractivity contribution in [1.82, 2.24) is 5.32 Å². The van der Waals surface area contributed by atoms with Gasteiger partial charge in [0.15, 0.2) is 0 Å². The summed E-state index contributed by atoms with van der Waals surface area (Å²) in [7, 11) is 0. The number of hydrogen-bond acceptors (Lipinski definition) is 3. The van der Waals surface area contributed by atoms with E-state index in [9.17, 15) is 4.79 Å². The third-order valence-electron chi connectivity index (χ3n) is 2.90. The number of thioether (sulfide) groups is 2. The first-order valence-corrected chi connectivity index (χ1v) is 9.21. The minimum atomic E-state index is 0.00612. The standard InChI is InChI=1S/C17H19NOS2/c1-20-13-14-6-5-7-15(12-14)17(19)18-10-11-21-16-8-3-2-4-9-16/h2-9,12H,10-11,13H2,1H3,(H,18,19). The van der Waals surface area contributed by atoms with Gasteiger partial charge >= 0.3 is 0 Å². The molecule has 0 spiro atoms. The zero-order valence-electron chi connectivity index (χ0n) is 12.0. The van der Waals surface area contributed by atoms with Crippen molar-refractivity contribution in [2.24, 2.45) is 0 Å². The highest BCUT2D eigenvalue weighted by molar-refractivity contribution is 7.99. The molecule has 0 aliphatic rings. The van der Waals surface area contributed by atoms with Crippen LogP contribution in [-0.4, -0.2) is 24.5 Å². The average molecular weight is 317 g/mol. The van der Waals surface area contributed by atoms with Gasteiger partial charge in [-0.1, -0.05) is 30.3 Å². The Morgan fingerprint density at radius 3 is 2.67 bits per heavy atom. The lowest BCUT2D eigenvalue weighted by Crippen LogP contribution is -2.25. The summed E-state index contributed by atoms with van der Waals surface area (Å²) in [5.74, 6) is 1.82. The van der Waals surface area contributed by atoms with Gasteiger partial charge in [-0.3, -0.25) is 4.79 Å². The summed E-state index contributed by atoms with van der Waals surface area (Å²) in [6.45, 7) is 0.672. The molecule has 0 heterocycles. The Morgan fingerprint density at radius 1 is 1.10 bits per heavy atom. The smallest absolute Gasteiger partial charge is 0.251 e. The number of amides is 1. The summed E-state index contributed by atoms with van der Waals surface area (Å²) in [4.78, 5) is 13.3. The average Bonchev–Trinajstić information content (AvgIpc) is 2.53. The second-order valence-electron chi connectivity index (χ2n) is 4.55. The monoisotopic (exact) mass is 317 g/mol. The van der Waals surface area contributed by atoms with Gasteiger partial charge in [-0.25, -0.2) is 0 Å². The van der Waals surface area contributed by atoms with Gasteiger partial charge in [0.05, 0.1) is 0 Å². The van der Waals surface area contributed by atoms with Crippen LogP contribution >= 0.6 is 23.5 Å². The van der Waals surface area contributed by atoms with Crippen LogP contribution in [0.1, 0.15) is 15.9 Å². The molecule has 2 nitrogen and oxygen atoms in total. The minimum Gasteiger partial charge on any atom is -0.351 e. The van der Waals surface area contributed by atoms with Gasteiger partial charge in [0.25, 0.3) is 5.91 Å². The lowest BCUT2D eigenvalue weighted by molar-refractivity contribution is 0.0956. The SMILES string of the molecule is CSCc1cccc(C(=O)NCCSc2ccccc2)c1. The van der Waals surface area contributed by atoms with Crippen LogP contribution in [0.4, 0.5) is 0 Å². The van der Waals surface area contributed by atoms with Gasteiger partial charge in [-0.2, -0.15) is 11.8 Å². The van der Waals surface area contributed by atoms with Crippen LogP contribution < -0.4 is 5.32 Å². The first kappa shape index (κ1) is 16.0. The fourth-order valence-corrected chi connectivity index (χ4v) is 3.22. The van der Waals surface area contributed by atoms with Crippen molar-refractivity contribution < 1.29 is 4.79 Å². The lowest BCUT2D eigenvalue weighted by Gasteiger charge is -2.07. The summed E-state index contributed by atoms with van der Waals surface area (Å²) >= 11 is 3.51. The van der Waals surface area contributed by atoms with Crippen molar-refractivity contribution in [1.29, 1.82) is 0 Å². The van der Waals surface area contributed by atoms with E-state index in [0.717, 1.165) is 17.1 Å². The Labute approximate surface area is 134 Å². The molecule has 2 rings (SSSR count). The first-order valence-electron chi connectivity index (χ1n) is 6.83. The highest BCUT2D eigenvalue weighted by Gasteiger charge is 2.05. The summed E-state index contributed by atoms with van der Waals surface area (Å²) in [6.07, 6.45) is 2.06. The Morgan fingerprint density at radius 2 is 1.90 bits per heavy atom. The molecule has 0 aliphatic heterocycles. The number of nitrogens with one attached hydrogen (secondary N) is 1. The first-order chi connectivity index (χ1) is 10.3. The van der Waals surface area contributed by atoms with E-state index in [4.69, 9.17) is 0 Å². The van der Waals surface area contributed by atoms with E-state index in [2.05, 4.69) is 29.8 Å². The maximum Gasteiger partial charge on any atom is 0.251 e. The predicted octanol–water partition coefficient (Wildman–Crippen LogP) is 4.07. The summed E-state index contributed by atoms with van der Waals surface area (Å²) in [6, 6.07) is 18.1. The molecule has 0 bridgehead atoms. The van der Waals surface area contributed by atoms with Crippen LogP contribution in [0.3, 0.4) is 0 Å². The van der Waals surface area contributed by atoms with Crippen molar-refractivity contribution in [3.05, 3.63) is 65.7 Å². The zero-order chi connectivity index (χ0) is 14.9. The summed E-state index contributed by atoms with van der Waals surface area (Å²) < 4.78 is 0. The molecule has 21 heavy (non-hydrogen) atoms. The van der Waals surface area contributed by atoms with Crippen LogP contribution in [0.5, 0.6) is 0 Å². The van der Waals surface area contributed by atoms with Crippen LogP contribution in [0.15, 0.2) is 59.5 Å². The Hall–Kier alpha value is -1.39. The largest absolute Gasteiger partial charge is 0.351 e. The van der Waals surface area contributed by atoms with E-state index in [-0.39, 0.29) is 5.91 Å². The van der Waals surface area contributed by atoms with Crippen LogP contribution in [0.2, 0.25) is 0 Å². The van der Waals surface area contributed by atoms with E-state index in [0.29, 0.717) is 6.54 Å². The molecular formula is C17H19NOS2. The molecule has 0 radical (unpaired) electrons. The van der Waals surface area contributed by atoms with Crippen molar-refractivity contribution in [3.8, 4) is 0 Å². The van der Waals surface area contributed by atoms with Crippen LogP contribution in [0, 0.1) is 0 Å². The molecule has 0 atom stereocenters. The number of benzene rings is 2. The summed E-state index contributed by atoms with van der Waals surface area (Å²) in [5, 5.41) is 2.97. The topological polar surface area (TPSA) is 29.1 Å². The molecule has 4 heteroatoms.